The lowest BCUT2D eigenvalue weighted by Gasteiger charge is -2.11. The zero-order valence-corrected chi connectivity index (χ0v) is 9.13. The van der Waals surface area contributed by atoms with Gasteiger partial charge in [-0.3, -0.25) is 5.84 Å². The minimum absolute atomic E-state index is 0. The van der Waals surface area contributed by atoms with Gasteiger partial charge < -0.3 is 5.43 Å². The Morgan fingerprint density at radius 2 is 1.86 bits per heavy atom. The fourth-order valence-electron chi connectivity index (χ4n) is 0.862. The first-order valence-corrected chi connectivity index (χ1v) is 4.08. The first-order valence-electron chi connectivity index (χ1n) is 3.29. The van der Waals surface area contributed by atoms with Crippen LogP contribution >= 0.6 is 28.3 Å². The van der Waals surface area contributed by atoms with Gasteiger partial charge in [-0.15, -0.1) is 12.4 Å². The van der Waals surface area contributed by atoms with Gasteiger partial charge in [-0.05, 0) is 28.1 Å². The number of anilines is 1. The number of hydrogen-bond donors (Lipinski definition) is 2. The average Bonchev–Trinajstić information content (AvgIpc) is 2.02. The molecular weight excluding hydrogens is 284 g/mol. The van der Waals surface area contributed by atoms with Crippen molar-refractivity contribution in [2.75, 3.05) is 5.43 Å². The van der Waals surface area contributed by atoms with Crippen molar-refractivity contribution < 1.29 is 13.2 Å². The van der Waals surface area contributed by atoms with E-state index in [1.165, 1.54) is 12.1 Å². The fourth-order valence-corrected chi connectivity index (χ4v) is 1.47. The topological polar surface area (TPSA) is 38.0 Å². The molecule has 7 heteroatoms. The molecule has 3 N–H and O–H groups in total. The Hall–Kier alpha value is -0.460. The number of nitrogens with one attached hydrogen (secondary N) is 1. The van der Waals surface area contributed by atoms with Crippen molar-refractivity contribution >= 4 is 34.0 Å². The summed E-state index contributed by atoms with van der Waals surface area (Å²) in [6.07, 6.45) is -4.37. The highest BCUT2D eigenvalue weighted by molar-refractivity contribution is 9.10. The third-order valence-electron chi connectivity index (χ3n) is 1.46. The lowest BCUT2D eigenvalue weighted by molar-refractivity contribution is -0.138. The highest BCUT2D eigenvalue weighted by atomic mass is 79.9. The average molecular weight is 291 g/mol. The summed E-state index contributed by atoms with van der Waals surface area (Å²) in [4.78, 5) is 0. The van der Waals surface area contributed by atoms with Crippen molar-refractivity contribution in [1.82, 2.24) is 0 Å². The van der Waals surface area contributed by atoms with Crippen molar-refractivity contribution in [2.45, 2.75) is 6.18 Å². The summed E-state index contributed by atoms with van der Waals surface area (Å²) in [6.45, 7) is 0. The van der Waals surface area contributed by atoms with Crippen molar-refractivity contribution in [1.29, 1.82) is 0 Å². The molecule has 0 aliphatic carbocycles. The molecule has 0 aliphatic rings. The number of halogens is 5. The molecular formula is C7H7BrClF3N2. The molecule has 14 heavy (non-hydrogen) atoms. The molecule has 0 radical (unpaired) electrons. The minimum atomic E-state index is -4.37. The Morgan fingerprint density at radius 3 is 2.29 bits per heavy atom. The van der Waals surface area contributed by atoms with E-state index < -0.39 is 11.7 Å². The van der Waals surface area contributed by atoms with Crippen molar-refractivity contribution in [3.05, 3.63) is 28.2 Å². The molecule has 0 atom stereocenters. The van der Waals surface area contributed by atoms with Gasteiger partial charge in [-0.1, -0.05) is 6.07 Å². The monoisotopic (exact) mass is 290 g/mol. The van der Waals surface area contributed by atoms with Crippen LogP contribution in [0.25, 0.3) is 0 Å². The molecule has 1 rings (SSSR count). The molecule has 0 amide bonds. The number of hydrazine groups is 1. The lowest BCUT2D eigenvalue weighted by Crippen LogP contribution is -2.11. The van der Waals surface area contributed by atoms with Crippen LogP contribution in [0.15, 0.2) is 22.7 Å². The number of nitrogens with two attached hydrogens (primary N) is 1. The van der Waals surface area contributed by atoms with Crippen LogP contribution in [0, 0.1) is 0 Å². The predicted octanol–water partition coefficient (Wildman–Crippen LogP) is 3.18. The molecule has 0 heterocycles. The minimum Gasteiger partial charge on any atom is -0.323 e. The maximum Gasteiger partial charge on any atom is 0.417 e. The number of hydrogen-bond acceptors (Lipinski definition) is 2. The van der Waals surface area contributed by atoms with E-state index in [9.17, 15) is 13.2 Å². The molecule has 0 spiro atoms. The SMILES string of the molecule is Cl.NNc1cccc(C(F)(F)F)c1Br. The summed E-state index contributed by atoms with van der Waals surface area (Å²) in [6, 6.07) is 3.70. The second-order valence-electron chi connectivity index (χ2n) is 2.31. The van der Waals surface area contributed by atoms with E-state index in [-0.39, 0.29) is 22.6 Å². The Labute approximate surface area is 93.2 Å². The molecule has 0 saturated carbocycles. The zero-order chi connectivity index (χ0) is 10.1. The third-order valence-corrected chi connectivity index (χ3v) is 2.31. The molecule has 0 aliphatic heterocycles. The van der Waals surface area contributed by atoms with Crippen LogP contribution in [0.5, 0.6) is 0 Å². The van der Waals surface area contributed by atoms with Crippen LogP contribution in [0.3, 0.4) is 0 Å². The van der Waals surface area contributed by atoms with Crippen LogP contribution in [0.2, 0.25) is 0 Å². The molecule has 0 saturated heterocycles. The molecule has 1 aromatic carbocycles. The fraction of sp³-hybridized carbons (Fsp3) is 0.143. The van der Waals surface area contributed by atoms with Gasteiger partial charge in [0.2, 0.25) is 0 Å². The molecule has 0 bridgehead atoms. The molecule has 0 aromatic heterocycles. The van der Waals surface area contributed by atoms with Gasteiger partial charge in [0, 0.05) is 0 Å². The van der Waals surface area contributed by atoms with Crippen molar-refractivity contribution in [3.8, 4) is 0 Å². The summed E-state index contributed by atoms with van der Waals surface area (Å²) in [5.41, 5.74) is 1.62. The standard InChI is InChI=1S/C7H6BrF3N2.ClH/c8-6-4(7(9,10)11)2-1-3-5(6)13-12;/h1-3,13H,12H2;1H. The summed E-state index contributed by atoms with van der Waals surface area (Å²) in [5, 5.41) is 0. The second kappa shape index (κ2) is 4.86. The van der Waals surface area contributed by atoms with Crippen LogP contribution in [-0.2, 0) is 6.18 Å². The second-order valence-corrected chi connectivity index (χ2v) is 3.10. The Bertz CT molecular complexity index is 316. The lowest BCUT2D eigenvalue weighted by atomic mass is 10.2. The van der Waals surface area contributed by atoms with E-state index in [1.54, 1.807) is 0 Å². The molecule has 0 unspecified atom stereocenters. The summed E-state index contributed by atoms with van der Waals surface area (Å²) >= 11 is 2.81. The van der Waals surface area contributed by atoms with Crippen LogP contribution in [0.1, 0.15) is 5.56 Å². The Balaban J connectivity index is 0.00000169. The van der Waals surface area contributed by atoms with E-state index >= 15 is 0 Å². The highest BCUT2D eigenvalue weighted by Crippen LogP contribution is 2.37. The first kappa shape index (κ1) is 13.5. The summed E-state index contributed by atoms with van der Waals surface area (Å²) in [7, 11) is 0. The number of rotatable bonds is 1. The number of nitrogen functional groups attached to an aromatic ring is 1. The zero-order valence-electron chi connectivity index (χ0n) is 6.73. The van der Waals surface area contributed by atoms with Crippen molar-refractivity contribution in [3.63, 3.8) is 0 Å². The Kier molecular flexibility index (Phi) is 4.70. The van der Waals surface area contributed by atoms with Gasteiger partial charge in [0.05, 0.1) is 15.7 Å². The summed E-state index contributed by atoms with van der Waals surface area (Å²) in [5.74, 6) is 5.02. The van der Waals surface area contributed by atoms with Gasteiger partial charge in [0.25, 0.3) is 0 Å². The number of alkyl halides is 3. The highest BCUT2D eigenvalue weighted by Gasteiger charge is 2.33. The molecule has 2 nitrogen and oxygen atoms in total. The van der Waals surface area contributed by atoms with Crippen LogP contribution < -0.4 is 11.3 Å². The van der Waals surface area contributed by atoms with E-state index in [2.05, 4.69) is 21.4 Å². The van der Waals surface area contributed by atoms with Crippen LogP contribution in [0.4, 0.5) is 18.9 Å². The van der Waals surface area contributed by atoms with E-state index in [0.717, 1.165) is 6.07 Å². The first-order chi connectivity index (χ1) is 5.96. The van der Waals surface area contributed by atoms with Gasteiger partial charge >= 0.3 is 6.18 Å². The molecule has 1 aromatic rings. The summed E-state index contributed by atoms with van der Waals surface area (Å²) < 4.78 is 36.7. The normalized spacial score (nSPS) is 10.6. The van der Waals surface area contributed by atoms with Crippen LogP contribution in [-0.4, -0.2) is 0 Å². The number of benzene rings is 1. The third kappa shape index (κ3) is 2.76. The maximum absolute atomic E-state index is 12.3. The van der Waals surface area contributed by atoms with Gasteiger partial charge in [0.15, 0.2) is 0 Å². The van der Waals surface area contributed by atoms with Gasteiger partial charge in [-0.25, -0.2) is 0 Å². The molecule has 0 fully saturated rings. The smallest absolute Gasteiger partial charge is 0.323 e. The van der Waals surface area contributed by atoms with Gasteiger partial charge in [-0.2, -0.15) is 13.2 Å². The van der Waals surface area contributed by atoms with Gasteiger partial charge in [0.1, 0.15) is 0 Å². The van der Waals surface area contributed by atoms with E-state index in [4.69, 9.17) is 5.84 Å². The Morgan fingerprint density at radius 1 is 1.29 bits per heavy atom. The quantitative estimate of drug-likeness (QED) is 0.616. The molecule has 80 valence electrons. The van der Waals surface area contributed by atoms with Crippen molar-refractivity contribution in [2.24, 2.45) is 5.84 Å². The van der Waals surface area contributed by atoms with E-state index in [1.807, 2.05) is 0 Å². The largest absolute Gasteiger partial charge is 0.417 e. The maximum atomic E-state index is 12.3. The van der Waals surface area contributed by atoms with E-state index in [0.29, 0.717) is 0 Å². The predicted molar refractivity (Wildman–Crippen MR) is 54.2 cm³/mol.